The lowest BCUT2D eigenvalue weighted by Crippen LogP contribution is -2.13. The Balaban J connectivity index is 2.34. The Kier molecular flexibility index (Phi) is 3.93. The van der Waals surface area contributed by atoms with Crippen molar-refractivity contribution >= 4 is 23.3 Å². The maximum Gasteiger partial charge on any atom is 0.357 e. The van der Waals surface area contributed by atoms with Crippen molar-refractivity contribution in [2.45, 2.75) is 0 Å². The highest BCUT2D eigenvalue weighted by Gasteiger charge is 2.24. The summed E-state index contributed by atoms with van der Waals surface area (Å²) in [5.41, 5.74) is 7.14. The highest BCUT2D eigenvalue weighted by atomic mass is 35.5. The van der Waals surface area contributed by atoms with Crippen LogP contribution in [0.2, 0.25) is 5.02 Å². The third-order valence-electron chi connectivity index (χ3n) is 3.42. The highest BCUT2D eigenvalue weighted by molar-refractivity contribution is 6.32. The molecule has 0 saturated carbocycles. The van der Waals surface area contributed by atoms with Crippen molar-refractivity contribution < 1.29 is 9.53 Å². The van der Waals surface area contributed by atoms with Crippen LogP contribution in [0.4, 0.5) is 5.69 Å². The van der Waals surface area contributed by atoms with Crippen LogP contribution in [0.25, 0.3) is 11.4 Å². The van der Waals surface area contributed by atoms with Crippen molar-refractivity contribution in [2.24, 2.45) is 0 Å². The number of nitrogens with two attached hydrogens (primary N) is 1. The van der Waals surface area contributed by atoms with Crippen molar-refractivity contribution in [2.75, 3.05) is 12.8 Å². The van der Waals surface area contributed by atoms with Crippen molar-refractivity contribution in [3.05, 3.63) is 53.3 Å². The van der Waals surface area contributed by atoms with Crippen LogP contribution in [-0.2, 0) is 4.74 Å². The monoisotopic (exact) mass is 342 g/mol. The largest absolute Gasteiger partial charge is 0.464 e. The van der Waals surface area contributed by atoms with E-state index in [1.54, 1.807) is 18.2 Å². The topological polar surface area (TPSA) is 112 Å². The number of carbonyl (C=O) groups excluding carboxylic acids is 1. The van der Waals surface area contributed by atoms with Crippen molar-refractivity contribution in [3.63, 3.8) is 0 Å². The van der Waals surface area contributed by atoms with Crippen LogP contribution in [-0.4, -0.2) is 32.4 Å². The number of methoxy groups -OCH3 is 1. The quantitative estimate of drug-likeness (QED) is 0.728. The molecular weight excluding hydrogens is 332 g/mol. The van der Waals surface area contributed by atoms with E-state index in [4.69, 9.17) is 22.1 Å². The number of nitrogens with zero attached hydrogens (tertiary/aromatic N) is 5. The van der Waals surface area contributed by atoms with Crippen LogP contribution in [0, 0.1) is 11.3 Å². The molecule has 24 heavy (non-hydrogen) atoms. The minimum Gasteiger partial charge on any atom is -0.464 e. The first-order valence-corrected chi connectivity index (χ1v) is 7.09. The van der Waals surface area contributed by atoms with E-state index in [1.807, 2.05) is 6.07 Å². The van der Waals surface area contributed by atoms with Crippen LogP contribution in [0.3, 0.4) is 0 Å². The van der Waals surface area contributed by atoms with E-state index in [-0.39, 0.29) is 16.9 Å². The molecule has 0 fully saturated rings. The fourth-order valence-corrected chi connectivity index (χ4v) is 2.61. The molecule has 0 aliphatic heterocycles. The van der Waals surface area contributed by atoms with Crippen LogP contribution in [0.1, 0.15) is 16.1 Å². The Bertz CT molecular complexity index is 955. The summed E-state index contributed by atoms with van der Waals surface area (Å²) < 4.78 is 7.70. The predicted octanol–water partition coefficient (Wildman–Crippen LogP) is 1.95. The standard InChI is InChI=1S/C15H11ClN6O2/c1-24-15(23)14-12(18)9(5-17)6-21(14)11-4-2-3-10(16)13(11)22-8-19-7-20-22/h2-4,6-8H,18H2,1H3. The predicted molar refractivity (Wildman–Crippen MR) is 86.2 cm³/mol. The molecule has 1 aromatic carbocycles. The molecule has 0 unspecified atom stereocenters. The lowest BCUT2D eigenvalue weighted by molar-refractivity contribution is 0.0593. The smallest absolute Gasteiger partial charge is 0.357 e. The molecule has 2 aromatic heterocycles. The average Bonchev–Trinajstić information content (AvgIpc) is 3.21. The Morgan fingerprint density at radius 1 is 1.46 bits per heavy atom. The van der Waals surface area contributed by atoms with Gasteiger partial charge >= 0.3 is 5.97 Å². The zero-order chi connectivity index (χ0) is 17.3. The summed E-state index contributed by atoms with van der Waals surface area (Å²) in [6, 6.07) is 7.06. The number of rotatable bonds is 3. The summed E-state index contributed by atoms with van der Waals surface area (Å²) in [5.74, 6) is -0.668. The molecule has 0 radical (unpaired) electrons. The molecule has 0 aliphatic rings. The van der Waals surface area contributed by atoms with Crippen molar-refractivity contribution in [1.29, 1.82) is 5.26 Å². The molecule has 0 atom stereocenters. The molecule has 2 N–H and O–H groups in total. The van der Waals surface area contributed by atoms with Gasteiger partial charge in [-0.1, -0.05) is 17.7 Å². The van der Waals surface area contributed by atoms with Gasteiger partial charge in [0.1, 0.15) is 24.4 Å². The molecular formula is C15H11ClN6O2. The first kappa shape index (κ1) is 15.6. The van der Waals surface area contributed by atoms with Gasteiger partial charge in [0.2, 0.25) is 0 Å². The second-order valence-corrected chi connectivity index (χ2v) is 5.13. The van der Waals surface area contributed by atoms with Gasteiger partial charge in [0, 0.05) is 6.20 Å². The summed E-state index contributed by atoms with van der Waals surface area (Å²) >= 11 is 6.30. The van der Waals surface area contributed by atoms with E-state index >= 15 is 0 Å². The van der Waals surface area contributed by atoms with E-state index < -0.39 is 5.97 Å². The number of ether oxygens (including phenoxy) is 1. The fourth-order valence-electron chi connectivity index (χ4n) is 2.35. The molecule has 120 valence electrons. The number of hydrogen-bond acceptors (Lipinski definition) is 6. The van der Waals surface area contributed by atoms with E-state index in [1.165, 1.54) is 35.2 Å². The Morgan fingerprint density at radius 3 is 2.88 bits per heavy atom. The lowest BCUT2D eigenvalue weighted by atomic mass is 10.2. The molecule has 9 heteroatoms. The molecule has 0 amide bonds. The maximum atomic E-state index is 12.1. The minimum absolute atomic E-state index is 0.0360. The summed E-state index contributed by atoms with van der Waals surface area (Å²) in [5, 5.41) is 13.7. The average molecular weight is 343 g/mol. The molecule has 0 spiro atoms. The van der Waals surface area contributed by atoms with Gasteiger partial charge in [-0.05, 0) is 12.1 Å². The van der Waals surface area contributed by atoms with Gasteiger partial charge in [0.05, 0.1) is 29.1 Å². The van der Waals surface area contributed by atoms with Gasteiger partial charge in [-0.25, -0.2) is 14.5 Å². The van der Waals surface area contributed by atoms with Gasteiger partial charge in [0.25, 0.3) is 0 Å². The number of nitriles is 1. The number of para-hydroxylation sites is 1. The number of carbonyl (C=O) groups is 1. The lowest BCUT2D eigenvalue weighted by Gasteiger charge is -2.14. The highest BCUT2D eigenvalue weighted by Crippen LogP contribution is 2.31. The molecule has 0 saturated heterocycles. The van der Waals surface area contributed by atoms with E-state index in [0.717, 1.165) is 0 Å². The fraction of sp³-hybridized carbons (Fsp3) is 0.0667. The van der Waals surface area contributed by atoms with Crippen LogP contribution < -0.4 is 5.73 Å². The zero-order valence-electron chi connectivity index (χ0n) is 12.5. The minimum atomic E-state index is -0.668. The van der Waals surface area contributed by atoms with Gasteiger partial charge in [-0.3, -0.25) is 0 Å². The van der Waals surface area contributed by atoms with E-state index in [9.17, 15) is 10.1 Å². The van der Waals surface area contributed by atoms with Crippen LogP contribution >= 0.6 is 11.6 Å². The number of halogens is 1. The molecule has 2 heterocycles. The van der Waals surface area contributed by atoms with Crippen LogP contribution in [0.5, 0.6) is 0 Å². The third-order valence-corrected chi connectivity index (χ3v) is 3.72. The Labute approximate surface area is 141 Å². The number of benzene rings is 1. The first-order chi connectivity index (χ1) is 11.6. The van der Waals surface area contributed by atoms with Gasteiger partial charge in [-0.2, -0.15) is 10.4 Å². The van der Waals surface area contributed by atoms with Crippen molar-refractivity contribution in [3.8, 4) is 17.4 Å². The molecule has 8 nitrogen and oxygen atoms in total. The summed E-state index contributed by atoms with van der Waals surface area (Å²) in [7, 11) is 1.24. The molecule has 3 rings (SSSR count). The van der Waals surface area contributed by atoms with Gasteiger partial charge < -0.3 is 15.0 Å². The zero-order valence-corrected chi connectivity index (χ0v) is 13.2. The van der Waals surface area contributed by atoms with Gasteiger partial charge in [0.15, 0.2) is 5.69 Å². The second kappa shape index (κ2) is 6.06. The Morgan fingerprint density at radius 2 is 2.25 bits per heavy atom. The number of nitrogen functional groups attached to an aromatic ring is 1. The number of aromatic nitrogens is 4. The van der Waals surface area contributed by atoms with E-state index in [0.29, 0.717) is 16.4 Å². The number of esters is 1. The van der Waals surface area contributed by atoms with Crippen molar-refractivity contribution in [1.82, 2.24) is 19.3 Å². The van der Waals surface area contributed by atoms with Crippen LogP contribution in [0.15, 0.2) is 37.1 Å². The molecule has 0 bridgehead atoms. The normalized spacial score (nSPS) is 10.4. The second-order valence-electron chi connectivity index (χ2n) is 4.73. The SMILES string of the molecule is COC(=O)c1c(N)c(C#N)cn1-c1cccc(Cl)c1-n1cncn1. The first-order valence-electron chi connectivity index (χ1n) is 6.71. The third kappa shape index (κ3) is 2.37. The molecule has 3 aromatic rings. The van der Waals surface area contributed by atoms with Gasteiger partial charge in [-0.15, -0.1) is 0 Å². The summed E-state index contributed by atoms with van der Waals surface area (Å²) in [6.45, 7) is 0. The Hall–Kier alpha value is -3.31. The summed E-state index contributed by atoms with van der Waals surface area (Å²) in [4.78, 5) is 16.0. The summed E-state index contributed by atoms with van der Waals surface area (Å²) in [6.07, 6.45) is 4.29. The van der Waals surface area contributed by atoms with E-state index in [2.05, 4.69) is 10.1 Å². The number of anilines is 1. The molecule has 0 aliphatic carbocycles. The number of hydrogen-bond donors (Lipinski definition) is 1. The maximum absolute atomic E-state index is 12.1.